The monoisotopic (exact) mass is 277 g/mol. The fraction of sp³-hybridized carbons (Fsp3) is 0.167. The summed E-state index contributed by atoms with van der Waals surface area (Å²) in [6.07, 6.45) is 0. The van der Waals surface area contributed by atoms with Gasteiger partial charge in [0.1, 0.15) is 0 Å². The van der Waals surface area contributed by atoms with Crippen LogP contribution in [0.2, 0.25) is 19.6 Å². The molecule has 2 aromatic carbocycles. The fourth-order valence-electron chi connectivity index (χ4n) is 2.37. The van der Waals surface area contributed by atoms with Crippen molar-refractivity contribution in [3.63, 3.8) is 0 Å². The van der Waals surface area contributed by atoms with Crippen molar-refractivity contribution >= 4 is 24.2 Å². The first-order valence-electron chi connectivity index (χ1n) is 7.01. The molecule has 0 aliphatic carbocycles. The Balaban J connectivity index is 2.11. The molecule has 0 amide bonds. The third-order valence-corrected chi connectivity index (χ3v) is 5.67. The molecule has 0 aliphatic rings. The zero-order valence-electron chi connectivity index (χ0n) is 12.2. The minimum absolute atomic E-state index is 1.06. The molecule has 20 heavy (non-hydrogen) atoms. The Hall–Kier alpha value is -1.93. The molecule has 0 saturated heterocycles. The van der Waals surface area contributed by atoms with Crippen molar-refractivity contribution in [1.82, 2.24) is 4.98 Å². The van der Waals surface area contributed by atoms with Crippen LogP contribution < -0.4 is 5.19 Å². The van der Waals surface area contributed by atoms with E-state index < -0.39 is 8.07 Å². The summed E-state index contributed by atoms with van der Waals surface area (Å²) in [6.45, 7) is 7.12. The fourth-order valence-corrected chi connectivity index (χ4v) is 3.56. The lowest BCUT2D eigenvalue weighted by Crippen LogP contribution is -2.37. The van der Waals surface area contributed by atoms with Gasteiger partial charge in [-0.25, -0.2) is 4.98 Å². The molecule has 3 aromatic rings. The van der Waals surface area contributed by atoms with Crippen molar-refractivity contribution in [2.24, 2.45) is 0 Å². The van der Waals surface area contributed by atoms with E-state index in [0.717, 1.165) is 11.2 Å². The van der Waals surface area contributed by atoms with Crippen LogP contribution in [-0.2, 0) is 0 Å². The standard InChI is InChI=1S/C18H19NSi/c1-20(2,3)16-9-6-8-15(13-16)18-12-11-14-7-4-5-10-17(14)19-18/h4-13H,1-3H3. The van der Waals surface area contributed by atoms with Gasteiger partial charge in [0.05, 0.1) is 19.3 Å². The van der Waals surface area contributed by atoms with Gasteiger partial charge >= 0.3 is 0 Å². The van der Waals surface area contributed by atoms with Crippen molar-refractivity contribution in [3.8, 4) is 11.3 Å². The lowest BCUT2D eigenvalue weighted by molar-refractivity contribution is 1.40. The minimum atomic E-state index is -1.28. The summed E-state index contributed by atoms with van der Waals surface area (Å²) in [4.78, 5) is 4.78. The summed E-state index contributed by atoms with van der Waals surface area (Å²) in [5, 5.41) is 2.67. The first-order chi connectivity index (χ1) is 9.54. The Morgan fingerprint density at radius 3 is 2.40 bits per heavy atom. The molecule has 0 bridgehead atoms. The molecule has 0 fully saturated rings. The van der Waals surface area contributed by atoms with Gasteiger partial charge in [-0.1, -0.05) is 73.4 Å². The molecular formula is C18H19NSi. The van der Waals surface area contributed by atoms with E-state index in [1.165, 1.54) is 16.1 Å². The second-order valence-electron chi connectivity index (χ2n) is 6.22. The van der Waals surface area contributed by atoms with Crippen LogP contribution in [0, 0.1) is 0 Å². The van der Waals surface area contributed by atoms with Crippen LogP contribution >= 0.6 is 0 Å². The van der Waals surface area contributed by atoms with Gasteiger partial charge in [-0.2, -0.15) is 0 Å². The average molecular weight is 277 g/mol. The Labute approximate surface area is 121 Å². The first kappa shape index (κ1) is 13.1. The lowest BCUT2D eigenvalue weighted by atomic mass is 10.1. The normalized spacial score (nSPS) is 11.8. The molecule has 100 valence electrons. The Bertz CT molecular complexity index is 756. The maximum absolute atomic E-state index is 4.78. The van der Waals surface area contributed by atoms with Gasteiger partial charge in [0.25, 0.3) is 0 Å². The summed E-state index contributed by atoms with van der Waals surface area (Å²) >= 11 is 0. The second-order valence-corrected chi connectivity index (χ2v) is 11.3. The van der Waals surface area contributed by atoms with Crippen LogP contribution in [0.3, 0.4) is 0 Å². The summed E-state index contributed by atoms with van der Waals surface area (Å²) < 4.78 is 0. The predicted molar refractivity (Wildman–Crippen MR) is 90.2 cm³/mol. The minimum Gasteiger partial charge on any atom is -0.248 e. The van der Waals surface area contributed by atoms with Crippen LogP contribution in [-0.4, -0.2) is 13.1 Å². The lowest BCUT2D eigenvalue weighted by Gasteiger charge is -2.17. The SMILES string of the molecule is C[Si](C)(C)c1cccc(-c2ccc3ccccc3n2)c1. The van der Waals surface area contributed by atoms with Gasteiger partial charge in [0.15, 0.2) is 0 Å². The summed E-state index contributed by atoms with van der Waals surface area (Å²) in [5.74, 6) is 0. The molecule has 0 spiro atoms. The Morgan fingerprint density at radius 2 is 1.60 bits per heavy atom. The topological polar surface area (TPSA) is 12.9 Å². The van der Waals surface area contributed by atoms with Gasteiger partial charge in [0.2, 0.25) is 0 Å². The zero-order valence-corrected chi connectivity index (χ0v) is 13.2. The molecule has 0 N–H and O–H groups in total. The van der Waals surface area contributed by atoms with Gasteiger partial charge in [0, 0.05) is 10.9 Å². The van der Waals surface area contributed by atoms with Crippen LogP contribution in [0.5, 0.6) is 0 Å². The zero-order chi connectivity index (χ0) is 14.2. The molecule has 1 nitrogen and oxygen atoms in total. The highest BCUT2D eigenvalue weighted by Crippen LogP contribution is 2.20. The number of aromatic nitrogens is 1. The molecule has 3 rings (SSSR count). The number of hydrogen-bond acceptors (Lipinski definition) is 1. The first-order valence-corrected chi connectivity index (χ1v) is 10.5. The summed E-state index contributed by atoms with van der Waals surface area (Å²) in [5.41, 5.74) is 3.34. The smallest absolute Gasteiger partial charge is 0.0776 e. The summed E-state index contributed by atoms with van der Waals surface area (Å²) in [6, 6.07) is 21.4. The number of nitrogens with zero attached hydrogens (tertiary/aromatic N) is 1. The number of rotatable bonds is 2. The number of fused-ring (bicyclic) bond motifs is 1. The van der Waals surface area contributed by atoms with Crippen molar-refractivity contribution in [3.05, 3.63) is 60.7 Å². The Kier molecular flexibility index (Phi) is 3.18. The third-order valence-electron chi connectivity index (χ3n) is 3.62. The van der Waals surface area contributed by atoms with Gasteiger partial charge < -0.3 is 0 Å². The van der Waals surface area contributed by atoms with Crippen LogP contribution in [0.1, 0.15) is 0 Å². The number of benzene rings is 2. The van der Waals surface area contributed by atoms with Gasteiger partial charge in [-0.05, 0) is 12.1 Å². The maximum Gasteiger partial charge on any atom is 0.0776 e. The number of pyridine rings is 1. The Morgan fingerprint density at radius 1 is 0.800 bits per heavy atom. The van der Waals surface area contributed by atoms with E-state index in [0.29, 0.717) is 0 Å². The number of para-hydroxylation sites is 1. The van der Waals surface area contributed by atoms with E-state index in [4.69, 9.17) is 4.98 Å². The van der Waals surface area contributed by atoms with E-state index in [2.05, 4.69) is 74.2 Å². The van der Waals surface area contributed by atoms with Gasteiger partial charge in [-0.15, -0.1) is 0 Å². The number of hydrogen-bond donors (Lipinski definition) is 0. The highest BCUT2D eigenvalue weighted by Gasteiger charge is 2.16. The highest BCUT2D eigenvalue weighted by atomic mass is 28.3. The van der Waals surface area contributed by atoms with E-state index >= 15 is 0 Å². The molecule has 0 aliphatic heterocycles. The molecule has 0 unspecified atom stereocenters. The molecule has 0 atom stereocenters. The van der Waals surface area contributed by atoms with Crippen LogP contribution in [0.4, 0.5) is 0 Å². The molecule has 0 saturated carbocycles. The van der Waals surface area contributed by atoms with E-state index in [9.17, 15) is 0 Å². The van der Waals surface area contributed by atoms with Crippen molar-refractivity contribution < 1.29 is 0 Å². The molecule has 2 heteroatoms. The van der Waals surface area contributed by atoms with Crippen molar-refractivity contribution in [2.75, 3.05) is 0 Å². The van der Waals surface area contributed by atoms with Crippen LogP contribution in [0.15, 0.2) is 60.7 Å². The quantitative estimate of drug-likeness (QED) is 0.631. The molecular weight excluding hydrogens is 258 g/mol. The van der Waals surface area contributed by atoms with Crippen molar-refractivity contribution in [2.45, 2.75) is 19.6 Å². The maximum atomic E-state index is 4.78. The molecule has 0 radical (unpaired) electrons. The highest BCUT2D eigenvalue weighted by molar-refractivity contribution is 6.88. The second kappa shape index (κ2) is 4.87. The predicted octanol–water partition coefficient (Wildman–Crippen LogP) is 4.45. The summed E-state index contributed by atoms with van der Waals surface area (Å²) in [7, 11) is -1.28. The van der Waals surface area contributed by atoms with E-state index in [-0.39, 0.29) is 0 Å². The van der Waals surface area contributed by atoms with E-state index in [1.54, 1.807) is 0 Å². The van der Waals surface area contributed by atoms with Crippen LogP contribution in [0.25, 0.3) is 22.2 Å². The van der Waals surface area contributed by atoms with Gasteiger partial charge in [-0.3, -0.25) is 0 Å². The average Bonchev–Trinajstić information content (AvgIpc) is 2.46. The molecule has 1 heterocycles. The third kappa shape index (κ3) is 2.52. The largest absolute Gasteiger partial charge is 0.248 e. The van der Waals surface area contributed by atoms with E-state index in [1.807, 2.05) is 6.07 Å². The molecule has 1 aromatic heterocycles. The van der Waals surface area contributed by atoms with Crippen molar-refractivity contribution in [1.29, 1.82) is 0 Å².